The minimum Gasteiger partial charge on any atom is -0.385 e. The summed E-state index contributed by atoms with van der Waals surface area (Å²) in [4.78, 5) is 7.80. The predicted molar refractivity (Wildman–Crippen MR) is 73.5 cm³/mol. The lowest BCUT2D eigenvalue weighted by atomic mass is 10.4. The quantitative estimate of drug-likeness (QED) is 0.619. The van der Waals surface area contributed by atoms with E-state index in [1.807, 2.05) is 16.9 Å². The number of halogens is 1. The second-order valence-corrected chi connectivity index (χ2v) is 4.26. The normalized spacial score (nSPS) is 10.6. The number of ether oxygens (including phenoxy) is 1. The van der Waals surface area contributed by atoms with Crippen molar-refractivity contribution in [2.45, 2.75) is 13.0 Å². The van der Waals surface area contributed by atoms with Crippen LogP contribution in [0, 0.1) is 0 Å². The maximum Gasteiger partial charge on any atom is 0.223 e. The number of aromatic nitrogens is 4. The van der Waals surface area contributed by atoms with Gasteiger partial charge in [-0.25, -0.2) is 4.98 Å². The van der Waals surface area contributed by atoms with Gasteiger partial charge in [0, 0.05) is 38.6 Å². The molecule has 0 saturated carbocycles. The first kappa shape index (κ1) is 13.6. The molecule has 8 heteroatoms. The fourth-order valence-electron chi connectivity index (χ4n) is 1.55. The van der Waals surface area contributed by atoms with Gasteiger partial charge >= 0.3 is 0 Å². The van der Waals surface area contributed by atoms with Crippen LogP contribution in [0.5, 0.6) is 0 Å². The summed E-state index contributed by atoms with van der Waals surface area (Å²) in [6.07, 6.45) is 2.79. The molecular formula is C11H15ClN6O. The highest BCUT2D eigenvalue weighted by Crippen LogP contribution is 2.16. The van der Waals surface area contributed by atoms with E-state index in [1.54, 1.807) is 13.2 Å². The van der Waals surface area contributed by atoms with Gasteiger partial charge < -0.3 is 15.8 Å². The zero-order valence-corrected chi connectivity index (χ0v) is 11.3. The van der Waals surface area contributed by atoms with Crippen molar-refractivity contribution in [1.29, 1.82) is 0 Å². The Balaban J connectivity index is 1.99. The summed E-state index contributed by atoms with van der Waals surface area (Å²) in [7, 11) is 1.68. The van der Waals surface area contributed by atoms with E-state index >= 15 is 0 Å². The average Bonchev–Trinajstić information content (AvgIpc) is 2.76. The first-order chi connectivity index (χ1) is 9.17. The minimum absolute atomic E-state index is 0.120. The second-order valence-electron chi connectivity index (χ2n) is 3.87. The molecule has 2 aromatic heterocycles. The molecule has 0 spiro atoms. The molecular weight excluding hydrogens is 268 g/mol. The topological polar surface area (TPSA) is 90.9 Å². The molecule has 0 aliphatic heterocycles. The SMILES string of the molecule is COCCCn1ccc(Nc2cc(Cl)nc(N)n2)n1. The van der Waals surface area contributed by atoms with Gasteiger partial charge in [0.15, 0.2) is 5.82 Å². The fraction of sp³-hybridized carbons (Fsp3) is 0.364. The van der Waals surface area contributed by atoms with E-state index in [2.05, 4.69) is 20.4 Å². The van der Waals surface area contributed by atoms with Gasteiger partial charge in [-0.05, 0) is 6.42 Å². The van der Waals surface area contributed by atoms with Crippen LogP contribution in [0.3, 0.4) is 0 Å². The molecule has 0 aromatic carbocycles. The Morgan fingerprint density at radius 1 is 1.42 bits per heavy atom. The molecule has 0 aliphatic carbocycles. The van der Waals surface area contributed by atoms with Gasteiger partial charge in [-0.3, -0.25) is 4.68 Å². The number of rotatable bonds is 6. The summed E-state index contributed by atoms with van der Waals surface area (Å²) in [6.45, 7) is 1.50. The highest BCUT2D eigenvalue weighted by atomic mass is 35.5. The standard InChI is InChI=1S/C11H15ClN6O/c1-19-6-2-4-18-5-3-9(17-18)15-10-7-8(12)14-11(13)16-10/h3,5,7H,2,4,6H2,1H3,(H3,13,14,15,16,17). The van der Waals surface area contributed by atoms with Crippen molar-refractivity contribution in [2.24, 2.45) is 0 Å². The number of hydrogen-bond donors (Lipinski definition) is 2. The fourth-order valence-corrected chi connectivity index (χ4v) is 1.74. The Morgan fingerprint density at radius 3 is 3.00 bits per heavy atom. The monoisotopic (exact) mass is 282 g/mol. The Hall–Kier alpha value is -1.86. The zero-order valence-electron chi connectivity index (χ0n) is 10.5. The van der Waals surface area contributed by atoms with Gasteiger partial charge in [0.2, 0.25) is 5.95 Å². The number of anilines is 3. The zero-order chi connectivity index (χ0) is 13.7. The summed E-state index contributed by atoms with van der Waals surface area (Å²) in [5, 5.41) is 7.65. The number of aryl methyl sites for hydroxylation is 1. The summed E-state index contributed by atoms with van der Waals surface area (Å²) < 4.78 is 6.82. The Morgan fingerprint density at radius 2 is 2.26 bits per heavy atom. The van der Waals surface area contributed by atoms with Gasteiger partial charge in [0.25, 0.3) is 0 Å². The lowest BCUT2D eigenvalue weighted by Gasteiger charge is -2.03. The molecule has 3 N–H and O–H groups in total. The van der Waals surface area contributed by atoms with E-state index in [-0.39, 0.29) is 11.1 Å². The van der Waals surface area contributed by atoms with Crippen molar-refractivity contribution in [1.82, 2.24) is 19.7 Å². The van der Waals surface area contributed by atoms with Crippen LogP contribution in [-0.2, 0) is 11.3 Å². The van der Waals surface area contributed by atoms with Crippen LogP contribution in [0.15, 0.2) is 18.3 Å². The second kappa shape index (κ2) is 6.35. The lowest BCUT2D eigenvalue weighted by molar-refractivity contribution is 0.189. The van der Waals surface area contributed by atoms with E-state index in [0.29, 0.717) is 18.2 Å². The highest BCUT2D eigenvalue weighted by Gasteiger charge is 2.03. The number of nitrogens with two attached hydrogens (primary N) is 1. The van der Waals surface area contributed by atoms with Gasteiger partial charge in [-0.15, -0.1) is 0 Å². The van der Waals surface area contributed by atoms with Crippen LogP contribution in [0.25, 0.3) is 0 Å². The molecule has 0 radical (unpaired) electrons. The molecule has 0 unspecified atom stereocenters. The van der Waals surface area contributed by atoms with Crippen LogP contribution in [0.4, 0.5) is 17.6 Å². The van der Waals surface area contributed by atoms with E-state index < -0.39 is 0 Å². The largest absolute Gasteiger partial charge is 0.385 e. The van der Waals surface area contributed by atoms with Crippen molar-refractivity contribution in [3.8, 4) is 0 Å². The van der Waals surface area contributed by atoms with Crippen molar-refractivity contribution >= 4 is 29.2 Å². The molecule has 7 nitrogen and oxygen atoms in total. The molecule has 19 heavy (non-hydrogen) atoms. The van der Waals surface area contributed by atoms with Crippen molar-refractivity contribution in [3.63, 3.8) is 0 Å². The number of hydrogen-bond acceptors (Lipinski definition) is 6. The molecule has 2 aromatic rings. The Labute approximate surface area is 115 Å². The van der Waals surface area contributed by atoms with Crippen molar-refractivity contribution in [2.75, 3.05) is 24.8 Å². The Bertz CT molecular complexity index is 523. The van der Waals surface area contributed by atoms with Gasteiger partial charge in [-0.2, -0.15) is 10.1 Å². The van der Waals surface area contributed by atoms with Gasteiger partial charge in [0.1, 0.15) is 11.0 Å². The summed E-state index contributed by atoms with van der Waals surface area (Å²) in [6, 6.07) is 3.43. The number of methoxy groups -OCH3 is 1. The molecule has 102 valence electrons. The summed E-state index contributed by atoms with van der Waals surface area (Å²) >= 11 is 5.80. The van der Waals surface area contributed by atoms with E-state index in [9.17, 15) is 0 Å². The summed E-state index contributed by atoms with van der Waals surface area (Å²) in [5.74, 6) is 1.31. The molecule has 0 fully saturated rings. The predicted octanol–water partition coefficient (Wildman–Crippen LogP) is 1.69. The van der Waals surface area contributed by atoms with E-state index in [1.165, 1.54) is 0 Å². The average molecular weight is 283 g/mol. The third-order valence-electron chi connectivity index (χ3n) is 2.34. The maximum absolute atomic E-state index is 5.80. The van der Waals surface area contributed by atoms with E-state index in [4.69, 9.17) is 22.1 Å². The third-order valence-corrected chi connectivity index (χ3v) is 2.54. The minimum atomic E-state index is 0.120. The maximum atomic E-state index is 5.80. The lowest BCUT2D eigenvalue weighted by Crippen LogP contribution is -2.03. The van der Waals surface area contributed by atoms with Crippen LogP contribution >= 0.6 is 11.6 Å². The van der Waals surface area contributed by atoms with E-state index in [0.717, 1.165) is 13.0 Å². The highest BCUT2D eigenvalue weighted by molar-refractivity contribution is 6.29. The molecule has 0 amide bonds. The number of nitrogens with one attached hydrogen (secondary N) is 1. The van der Waals surface area contributed by atoms with Crippen molar-refractivity contribution in [3.05, 3.63) is 23.5 Å². The van der Waals surface area contributed by atoms with Crippen LogP contribution in [-0.4, -0.2) is 33.5 Å². The molecule has 0 aliphatic rings. The molecule has 2 rings (SSSR count). The first-order valence-corrected chi connectivity index (χ1v) is 6.14. The molecule has 0 bridgehead atoms. The number of nitrogens with zero attached hydrogens (tertiary/aromatic N) is 4. The smallest absolute Gasteiger partial charge is 0.223 e. The van der Waals surface area contributed by atoms with Crippen LogP contribution < -0.4 is 11.1 Å². The Kier molecular flexibility index (Phi) is 4.53. The van der Waals surface area contributed by atoms with Crippen LogP contribution in [0.1, 0.15) is 6.42 Å². The number of nitrogen functional groups attached to an aromatic ring is 1. The molecule has 0 atom stereocenters. The first-order valence-electron chi connectivity index (χ1n) is 5.77. The summed E-state index contributed by atoms with van der Waals surface area (Å²) in [5.41, 5.74) is 5.51. The molecule has 0 saturated heterocycles. The molecule has 2 heterocycles. The van der Waals surface area contributed by atoms with Crippen LogP contribution in [0.2, 0.25) is 5.15 Å². The van der Waals surface area contributed by atoms with Crippen molar-refractivity contribution < 1.29 is 4.74 Å². The third kappa shape index (κ3) is 4.08. The van der Waals surface area contributed by atoms with Gasteiger partial charge in [0.05, 0.1) is 0 Å². The van der Waals surface area contributed by atoms with Gasteiger partial charge in [-0.1, -0.05) is 11.6 Å².